The summed E-state index contributed by atoms with van der Waals surface area (Å²) in [6.45, 7) is 0.768. The van der Waals surface area contributed by atoms with Crippen molar-refractivity contribution in [2.24, 2.45) is 0 Å². The van der Waals surface area contributed by atoms with E-state index in [0.717, 1.165) is 10.0 Å². The van der Waals surface area contributed by atoms with E-state index in [0.29, 0.717) is 18.7 Å². The van der Waals surface area contributed by atoms with Crippen LogP contribution in [0.4, 0.5) is 0 Å². The zero-order valence-corrected chi connectivity index (χ0v) is 13.6. The normalized spacial score (nSPS) is 10.4. The van der Waals surface area contributed by atoms with E-state index in [1.54, 1.807) is 23.1 Å². The SMILES string of the molecule is O=C(CCl)N(Cc1ccccc1)Cc1cc(Br)ccc1O. The van der Waals surface area contributed by atoms with Gasteiger partial charge in [-0.2, -0.15) is 0 Å². The summed E-state index contributed by atoms with van der Waals surface area (Å²) in [6.07, 6.45) is 0. The first-order valence-electron chi connectivity index (χ1n) is 6.45. The highest BCUT2D eigenvalue weighted by Crippen LogP contribution is 2.24. The van der Waals surface area contributed by atoms with Crippen LogP contribution >= 0.6 is 27.5 Å². The molecular weight excluding hydrogens is 354 g/mol. The molecular formula is C16H15BrClNO2. The van der Waals surface area contributed by atoms with Crippen LogP contribution in [0.5, 0.6) is 5.75 Å². The molecule has 0 saturated carbocycles. The van der Waals surface area contributed by atoms with Gasteiger partial charge in [-0.05, 0) is 23.8 Å². The summed E-state index contributed by atoms with van der Waals surface area (Å²) in [6, 6.07) is 14.8. The number of halogens is 2. The van der Waals surface area contributed by atoms with Crippen molar-refractivity contribution in [2.75, 3.05) is 5.88 Å². The minimum atomic E-state index is -0.167. The lowest BCUT2D eigenvalue weighted by Crippen LogP contribution is -2.31. The summed E-state index contributed by atoms with van der Waals surface area (Å²) in [7, 11) is 0. The van der Waals surface area contributed by atoms with E-state index in [2.05, 4.69) is 15.9 Å². The van der Waals surface area contributed by atoms with Gasteiger partial charge in [-0.25, -0.2) is 0 Å². The van der Waals surface area contributed by atoms with Gasteiger partial charge < -0.3 is 10.0 Å². The number of aromatic hydroxyl groups is 1. The van der Waals surface area contributed by atoms with E-state index in [9.17, 15) is 9.90 Å². The Morgan fingerprint density at radius 1 is 1.14 bits per heavy atom. The fourth-order valence-corrected chi connectivity index (χ4v) is 2.58. The number of amides is 1. The van der Waals surface area contributed by atoms with Gasteiger partial charge >= 0.3 is 0 Å². The van der Waals surface area contributed by atoms with E-state index in [1.165, 1.54) is 0 Å². The fraction of sp³-hybridized carbons (Fsp3) is 0.188. The molecule has 21 heavy (non-hydrogen) atoms. The van der Waals surface area contributed by atoms with Gasteiger partial charge in [-0.1, -0.05) is 46.3 Å². The summed E-state index contributed by atoms with van der Waals surface area (Å²) in [5, 5.41) is 9.91. The van der Waals surface area contributed by atoms with Crippen LogP contribution in [0.15, 0.2) is 53.0 Å². The Bertz CT molecular complexity index is 619. The number of carbonyl (C=O) groups excluding carboxylic acids is 1. The highest BCUT2D eigenvalue weighted by atomic mass is 79.9. The molecule has 0 bridgehead atoms. The lowest BCUT2D eigenvalue weighted by atomic mass is 10.1. The number of hydrogen-bond acceptors (Lipinski definition) is 2. The number of carbonyl (C=O) groups is 1. The predicted octanol–water partition coefficient (Wildman–Crippen LogP) is 3.92. The third-order valence-electron chi connectivity index (χ3n) is 3.09. The van der Waals surface area contributed by atoms with Crippen LogP contribution < -0.4 is 0 Å². The molecule has 0 aliphatic carbocycles. The lowest BCUT2D eigenvalue weighted by molar-refractivity contribution is -0.129. The van der Waals surface area contributed by atoms with Crippen LogP contribution in [0.25, 0.3) is 0 Å². The molecule has 0 atom stereocenters. The van der Waals surface area contributed by atoms with Crippen molar-refractivity contribution < 1.29 is 9.90 Å². The maximum Gasteiger partial charge on any atom is 0.238 e. The largest absolute Gasteiger partial charge is 0.508 e. The smallest absolute Gasteiger partial charge is 0.238 e. The van der Waals surface area contributed by atoms with Gasteiger partial charge in [-0.15, -0.1) is 11.6 Å². The molecule has 0 saturated heterocycles. The molecule has 0 radical (unpaired) electrons. The predicted molar refractivity (Wildman–Crippen MR) is 87.2 cm³/mol. The number of phenolic OH excluding ortho intramolecular Hbond substituents is 1. The van der Waals surface area contributed by atoms with Gasteiger partial charge in [0.1, 0.15) is 11.6 Å². The maximum atomic E-state index is 12.0. The van der Waals surface area contributed by atoms with E-state index in [-0.39, 0.29) is 17.5 Å². The quantitative estimate of drug-likeness (QED) is 0.813. The number of alkyl halides is 1. The van der Waals surface area contributed by atoms with Crippen molar-refractivity contribution in [3.8, 4) is 5.75 Å². The van der Waals surface area contributed by atoms with Gasteiger partial charge in [0.15, 0.2) is 0 Å². The van der Waals surface area contributed by atoms with Crippen molar-refractivity contribution in [3.63, 3.8) is 0 Å². The number of nitrogens with zero attached hydrogens (tertiary/aromatic N) is 1. The molecule has 0 aromatic heterocycles. The summed E-state index contributed by atoms with van der Waals surface area (Å²) < 4.78 is 0.855. The van der Waals surface area contributed by atoms with Crippen molar-refractivity contribution in [1.82, 2.24) is 4.90 Å². The Balaban J connectivity index is 2.20. The highest BCUT2D eigenvalue weighted by molar-refractivity contribution is 9.10. The molecule has 1 N–H and O–H groups in total. The van der Waals surface area contributed by atoms with Crippen LogP contribution in [0.1, 0.15) is 11.1 Å². The first kappa shape index (κ1) is 15.9. The molecule has 2 aromatic rings. The molecule has 0 heterocycles. The fourth-order valence-electron chi connectivity index (χ4n) is 2.01. The molecule has 0 aliphatic rings. The molecule has 5 heteroatoms. The second-order valence-corrected chi connectivity index (χ2v) is 5.83. The topological polar surface area (TPSA) is 40.5 Å². The highest BCUT2D eigenvalue weighted by Gasteiger charge is 2.15. The molecule has 0 unspecified atom stereocenters. The lowest BCUT2D eigenvalue weighted by Gasteiger charge is -2.22. The Hall–Kier alpha value is -1.52. The van der Waals surface area contributed by atoms with Crippen LogP contribution in [0.2, 0.25) is 0 Å². The first-order valence-corrected chi connectivity index (χ1v) is 7.78. The number of hydrogen-bond donors (Lipinski definition) is 1. The number of benzene rings is 2. The van der Waals surface area contributed by atoms with Crippen molar-refractivity contribution in [3.05, 3.63) is 64.1 Å². The molecule has 3 nitrogen and oxygen atoms in total. The first-order chi connectivity index (χ1) is 10.1. The van der Waals surface area contributed by atoms with E-state index in [1.807, 2.05) is 30.3 Å². The summed E-state index contributed by atoms with van der Waals surface area (Å²) in [4.78, 5) is 13.6. The van der Waals surface area contributed by atoms with Gasteiger partial charge in [0, 0.05) is 23.1 Å². The van der Waals surface area contributed by atoms with E-state index >= 15 is 0 Å². The Labute approximate surface area is 137 Å². The Morgan fingerprint density at radius 2 is 1.86 bits per heavy atom. The Morgan fingerprint density at radius 3 is 2.52 bits per heavy atom. The average Bonchev–Trinajstić information content (AvgIpc) is 2.50. The van der Waals surface area contributed by atoms with Gasteiger partial charge in [0.25, 0.3) is 0 Å². The van der Waals surface area contributed by atoms with E-state index < -0.39 is 0 Å². The molecule has 0 aliphatic heterocycles. The molecule has 0 spiro atoms. The second kappa shape index (κ2) is 7.48. The zero-order chi connectivity index (χ0) is 15.2. The van der Waals surface area contributed by atoms with Crippen LogP contribution in [0, 0.1) is 0 Å². The Kier molecular flexibility index (Phi) is 5.65. The molecule has 0 fully saturated rings. The zero-order valence-electron chi connectivity index (χ0n) is 11.3. The second-order valence-electron chi connectivity index (χ2n) is 4.64. The van der Waals surface area contributed by atoms with E-state index in [4.69, 9.17) is 11.6 Å². The number of rotatable bonds is 5. The molecule has 110 valence electrons. The summed E-state index contributed by atoms with van der Waals surface area (Å²) >= 11 is 9.05. The summed E-state index contributed by atoms with van der Waals surface area (Å²) in [5.74, 6) is -0.0831. The summed E-state index contributed by atoms with van der Waals surface area (Å²) in [5.41, 5.74) is 1.70. The van der Waals surface area contributed by atoms with Crippen molar-refractivity contribution in [2.45, 2.75) is 13.1 Å². The third-order valence-corrected chi connectivity index (χ3v) is 3.81. The van der Waals surface area contributed by atoms with Crippen LogP contribution in [-0.2, 0) is 17.9 Å². The van der Waals surface area contributed by atoms with Crippen molar-refractivity contribution >= 4 is 33.4 Å². The van der Waals surface area contributed by atoms with Crippen molar-refractivity contribution in [1.29, 1.82) is 0 Å². The monoisotopic (exact) mass is 367 g/mol. The minimum Gasteiger partial charge on any atom is -0.508 e. The van der Waals surface area contributed by atoms with Gasteiger partial charge in [-0.3, -0.25) is 4.79 Å². The third kappa shape index (κ3) is 4.48. The molecule has 2 aromatic carbocycles. The number of phenols is 1. The van der Waals surface area contributed by atoms with Crippen LogP contribution in [-0.4, -0.2) is 21.8 Å². The minimum absolute atomic E-state index is 0.0817. The average molecular weight is 369 g/mol. The van der Waals surface area contributed by atoms with Gasteiger partial charge in [0.05, 0.1) is 0 Å². The van der Waals surface area contributed by atoms with Crippen LogP contribution in [0.3, 0.4) is 0 Å². The standard InChI is InChI=1S/C16H15BrClNO2/c17-14-6-7-15(20)13(8-14)11-19(16(21)9-18)10-12-4-2-1-3-5-12/h1-8,20H,9-11H2. The van der Waals surface area contributed by atoms with Gasteiger partial charge in [0.2, 0.25) is 5.91 Å². The maximum absolute atomic E-state index is 12.0. The molecule has 2 rings (SSSR count). The molecule has 1 amide bonds.